The number of benzene rings is 2. The van der Waals surface area contributed by atoms with Crippen LogP contribution in [0.2, 0.25) is 0 Å². The first-order valence-electron chi connectivity index (χ1n) is 11.4. The number of nitrogens with zero attached hydrogens (tertiary/aromatic N) is 2. The van der Waals surface area contributed by atoms with Crippen LogP contribution in [0.5, 0.6) is 11.5 Å². The highest BCUT2D eigenvalue weighted by Crippen LogP contribution is 2.39. The molecule has 2 aromatic carbocycles. The topological polar surface area (TPSA) is 59.1 Å². The lowest BCUT2D eigenvalue weighted by Gasteiger charge is -2.32. The van der Waals surface area contributed by atoms with Gasteiger partial charge >= 0.3 is 0 Å². The predicted molar refractivity (Wildman–Crippen MR) is 125 cm³/mol. The Morgan fingerprint density at radius 1 is 0.875 bits per heavy atom. The van der Waals surface area contributed by atoms with Crippen molar-refractivity contribution in [2.24, 2.45) is 5.92 Å². The van der Waals surface area contributed by atoms with Crippen LogP contribution >= 0.6 is 0 Å². The van der Waals surface area contributed by atoms with Gasteiger partial charge in [0.15, 0.2) is 0 Å². The molecule has 32 heavy (non-hydrogen) atoms. The number of likely N-dealkylation sites (tertiary alicyclic amines) is 1. The van der Waals surface area contributed by atoms with Crippen LogP contribution in [0.15, 0.2) is 54.2 Å². The molecular weight excluding hydrogens is 404 g/mol. The van der Waals surface area contributed by atoms with Crippen molar-refractivity contribution in [2.45, 2.75) is 33.6 Å². The van der Waals surface area contributed by atoms with Gasteiger partial charge in [0.1, 0.15) is 17.2 Å². The van der Waals surface area contributed by atoms with Gasteiger partial charge in [0.2, 0.25) is 0 Å². The van der Waals surface area contributed by atoms with Crippen LogP contribution in [0.25, 0.3) is 5.57 Å². The number of ether oxygens (including phenoxy) is 2. The third kappa shape index (κ3) is 4.09. The second-order valence-electron chi connectivity index (χ2n) is 8.20. The molecule has 2 amide bonds. The molecule has 1 fully saturated rings. The first-order chi connectivity index (χ1) is 15.5. The fourth-order valence-electron chi connectivity index (χ4n) is 4.33. The predicted octanol–water partition coefficient (Wildman–Crippen LogP) is 4.50. The minimum Gasteiger partial charge on any atom is -0.494 e. The smallest absolute Gasteiger partial charge is 0.282 e. The molecule has 2 aromatic rings. The fourth-order valence-corrected chi connectivity index (χ4v) is 4.33. The maximum atomic E-state index is 13.7. The first kappa shape index (κ1) is 21.9. The Morgan fingerprint density at radius 3 is 2.19 bits per heavy atom. The van der Waals surface area contributed by atoms with Crippen molar-refractivity contribution in [3.05, 3.63) is 59.8 Å². The van der Waals surface area contributed by atoms with Gasteiger partial charge in [-0.1, -0.05) is 31.2 Å². The van der Waals surface area contributed by atoms with Crippen molar-refractivity contribution >= 4 is 23.1 Å². The summed E-state index contributed by atoms with van der Waals surface area (Å²) in [6.07, 6.45) is 1.99. The van der Waals surface area contributed by atoms with Crippen molar-refractivity contribution < 1.29 is 19.1 Å². The molecule has 4 rings (SSSR count). The van der Waals surface area contributed by atoms with Gasteiger partial charge in [-0.05, 0) is 62.4 Å². The number of carbonyl (C=O) groups is 2. The van der Waals surface area contributed by atoms with Gasteiger partial charge in [0.05, 0.1) is 24.5 Å². The molecular formula is C26H30N2O4. The van der Waals surface area contributed by atoms with Crippen LogP contribution in [0.3, 0.4) is 0 Å². The lowest BCUT2D eigenvalue weighted by molar-refractivity contribution is -0.120. The number of amides is 2. The van der Waals surface area contributed by atoms with Crippen molar-refractivity contribution in [3.63, 3.8) is 0 Å². The van der Waals surface area contributed by atoms with Gasteiger partial charge in [0.25, 0.3) is 11.8 Å². The maximum absolute atomic E-state index is 13.7. The minimum absolute atomic E-state index is 0.291. The van der Waals surface area contributed by atoms with Gasteiger partial charge in [0, 0.05) is 13.1 Å². The average molecular weight is 435 g/mol. The molecule has 6 heteroatoms. The third-order valence-corrected chi connectivity index (χ3v) is 6.02. The lowest BCUT2D eigenvalue weighted by Crippen LogP contribution is -2.38. The molecule has 2 aliphatic rings. The first-order valence-corrected chi connectivity index (χ1v) is 11.4. The average Bonchev–Trinajstić information content (AvgIpc) is 3.06. The molecule has 0 aromatic heterocycles. The van der Waals surface area contributed by atoms with E-state index in [1.807, 2.05) is 50.2 Å². The molecule has 168 valence electrons. The summed E-state index contributed by atoms with van der Waals surface area (Å²) in [5, 5.41) is 0. The molecule has 0 aliphatic carbocycles. The van der Waals surface area contributed by atoms with E-state index in [1.165, 1.54) is 4.90 Å². The highest BCUT2D eigenvalue weighted by Gasteiger charge is 2.43. The van der Waals surface area contributed by atoms with Crippen molar-refractivity contribution in [1.29, 1.82) is 0 Å². The molecule has 0 spiro atoms. The zero-order valence-corrected chi connectivity index (χ0v) is 19.0. The van der Waals surface area contributed by atoms with Gasteiger partial charge in [-0.15, -0.1) is 0 Å². The molecule has 0 unspecified atom stereocenters. The van der Waals surface area contributed by atoms with E-state index in [0.717, 1.165) is 37.2 Å². The quantitative estimate of drug-likeness (QED) is 0.601. The van der Waals surface area contributed by atoms with Crippen LogP contribution in [0, 0.1) is 5.92 Å². The SMILES string of the molecule is CCOc1ccc(C2=C(N3CCC(C)CC3)C(=O)N(c3ccccc3OCC)C2=O)cc1. The van der Waals surface area contributed by atoms with Gasteiger partial charge in [-0.25, -0.2) is 4.90 Å². The van der Waals surface area contributed by atoms with Gasteiger partial charge in [-0.2, -0.15) is 0 Å². The number of carbonyl (C=O) groups excluding carboxylic acids is 2. The number of hydrogen-bond donors (Lipinski definition) is 0. The molecule has 0 saturated carbocycles. The number of imide groups is 1. The van der Waals surface area contributed by atoms with Crippen LogP contribution in [-0.4, -0.2) is 43.0 Å². The lowest BCUT2D eigenvalue weighted by atomic mass is 9.97. The summed E-state index contributed by atoms with van der Waals surface area (Å²) in [4.78, 5) is 30.8. The monoisotopic (exact) mass is 434 g/mol. The Bertz CT molecular complexity index is 1020. The van der Waals surface area contributed by atoms with Crippen LogP contribution in [0.1, 0.15) is 39.2 Å². The summed E-state index contributed by atoms with van der Waals surface area (Å²) in [5.41, 5.74) is 2.13. The van der Waals surface area contributed by atoms with E-state index in [0.29, 0.717) is 41.8 Å². The fraction of sp³-hybridized carbons (Fsp3) is 0.385. The number of anilines is 1. The number of rotatable bonds is 7. The second-order valence-corrected chi connectivity index (χ2v) is 8.20. The van der Waals surface area contributed by atoms with E-state index in [4.69, 9.17) is 9.47 Å². The Balaban J connectivity index is 1.78. The Kier molecular flexibility index (Phi) is 6.49. The van der Waals surface area contributed by atoms with Crippen LogP contribution in [-0.2, 0) is 9.59 Å². The van der Waals surface area contributed by atoms with Crippen molar-refractivity contribution in [2.75, 3.05) is 31.2 Å². The molecule has 1 saturated heterocycles. The standard InChI is InChI=1S/C26H30N2O4/c1-4-31-20-12-10-19(11-13-20)23-24(27-16-14-18(3)15-17-27)26(30)28(25(23)29)21-8-6-7-9-22(21)32-5-2/h6-13,18H,4-5,14-17H2,1-3H3. The number of para-hydroxylation sites is 2. The summed E-state index contributed by atoms with van der Waals surface area (Å²) in [6.45, 7) is 8.58. The summed E-state index contributed by atoms with van der Waals surface area (Å²) >= 11 is 0. The molecule has 0 N–H and O–H groups in total. The maximum Gasteiger partial charge on any atom is 0.282 e. The summed E-state index contributed by atoms with van der Waals surface area (Å²) in [7, 11) is 0. The zero-order valence-electron chi connectivity index (χ0n) is 19.0. The molecule has 2 aliphatic heterocycles. The molecule has 6 nitrogen and oxygen atoms in total. The Hall–Kier alpha value is -3.28. The molecule has 2 heterocycles. The molecule has 0 radical (unpaired) electrons. The Morgan fingerprint density at radius 2 is 1.53 bits per heavy atom. The highest BCUT2D eigenvalue weighted by atomic mass is 16.5. The van der Waals surface area contributed by atoms with Gasteiger partial charge < -0.3 is 14.4 Å². The second kappa shape index (κ2) is 9.47. The van der Waals surface area contributed by atoms with Crippen LogP contribution in [0.4, 0.5) is 5.69 Å². The van der Waals surface area contributed by atoms with E-state index in [9.17, 15) is 9.59 Å². The van der Waals surface area contributed by atoms with Crippen molar-refractivity contribution in [3.8, 4) is 11.5 Å². The normalized spacial score (nSPS) is 17.3. The van der Waals surface area contributed by atoms with Crippen LogP contribution < -0.4 is 14.4 Å². The number of hydrogen-bond acceptors (Lipinski definition) is 5. The van der Waals surface area contributed by atoms with Crippen molar-refractivity contribution in [1.82, 2.24) is 4.90 Å². The van der Waals surface area contributed by atoms with E-state index >= 15 is 0 Å². The molecule has 0 bridgehead atoms. The van der Waals surface area contributed by atoms with E-state index < -0.39 is 0 Å². The number of piperidine rings is 1. The largest absolute Gasteiger partial charge is 0.494 e. The van der Waals surface area contributed by atoms with E-state index in [2.05, 4.69) is 11.8 Å². The van der Waals surface area contributed by atoms with E-state index in [1.54, 1.807) is 12.1 Å². The summed E-state index contributed by atoms with van der Waals surface area (Å²) in [6, 6.07) is 14.6. The summed E-state index contributed by atoms with van der Waals surface area (Å²) < 4.78 is 11.3. The Labute approximate surface area is 189 Å². The third-order valence-electron chi connectivity index (χ3n) is 6.02. The minimum atomic E-state index is -0.320. The molecule has 0 atom stereocenters. The van der Waals surface area contributed by atoms with Gasteiger partial charge in [-0.3, -0.25) is 9.59 Å². The summed E-state index contributed by atoms with van der Waals surface area (Å²) in [5.74, 6) is 1.26. The highest BCUT2D eigenvalue weighted by molar-refractivity contribution is 6.45. The van der Waals surface area contributed by atoms with E-state index in [-0.39, 0.29) is 11.8 Å². The zero-order chi connectivity index (χ0) is 22.7.